The molecule has 0 amide bonds. The standard InChI is InChI=1S/C29H18N4O4/c34-32(35)20-13-9-18(10-14-20)28-24-7-3-1-5-22(24)26(30-28)17-27-23-6-2-4-8-25(23)29(31-27)19-11-15-21(16-12-19)33(36)37/h1-17,30H. The SMILES string of the molecule is O=[N+]([O-])c1ccc(C2=NC(=Cc3[nH]c(-c4ccc([N+](=O)[O-])cc4)c4ccccc34)c3ccccc32)cc1. The highest BCUT2D eigenvalue weighted by atomic mass is 16.6. The molecule has 0 bridgehead atoms. The van der Waals surface area contributed by atoms with Gasteiger partial charge < -0.3 is 4.98 Å². The fraction of sp³-hybridized carbons (Fsp3) is 0. The second kappa shape index (κ2) is 8.69. The number of hydrogen-bond donors (Lipinski definition) is 1. The van der Waals surface area contributed by atoms with Crippen molar-refractivity contribution in [1.82, 2.24) is 4.98 Å². The molecule has 5 aromatic rings. The average molecular weight is 486 g/mol. The summed E-state index contributed by atoms with van der Waals surface area (Å²) in [7, 11) is 0. The lowest BCUT2D eigenvalue weighted by atomic mass is 9.99. The Hall–Kier alpha value is -5.37. The summed E-state index contributed by atoms with van der Waals surface area (Å²) >= 11 is 0. The van der Waals surface area contributed by atoms with E-state index in [0.717, 1.165) is 55.8 Å². The van der Waals surface area contributed by atoms with E-state index in [1.807, 2.05) is 54.6 Å². The molecule has 0 saturated carbocycles. The van der Waals surface area contributed by atoms with Crippen LogP contribution in [-0.2, 0) is 0 Å². The van der Waals surface area contributed by atoms with Crippen LogP contribution in [0.3, 0.4) is 0 Å². The number of nitrogens with zero attached hydrogens (tertiary/aromatic N) is 3. The van der Waals surface area contributed by atoms with E-state index in [1.165, 1.54) is 24.3 Å². The van der Waals surface area contributed by atoms with Gasteiger partial charge in [-0.1, -0.05) is 48.5 Å². The first-order valence-corrected chi connectivity index (χ1v) is 11.5. The normalized spacial score (nSPS) is 13.5. The van der Waals surface area contributed by atoms with Gasteiger partial charge in [-0.25, -0.2) is 4.99 Å². The molecule has 178 valence electrons. The Balaban J connectivity index is 1.47. The monoisotopic (exact) mass is 486 g/mol. The van der Waals surface area contributed by atoms with Gasteiger partial charge in [-0.2, -0.15) is 0 Å². The minimum absolute atomic E-state index is 0.0306. The van der Waals surface area contributed by atoms with E-state index < -0.39 is 9.85 Å². The van der Waals surface area contributed by atoms with Gasteiger partial charge >= 0.3 is 0 Å². The number of nitro benzene ring substituents is 2. The molecule has 0 fully saturated rings. The van der Waals surface area contributed by atoms with Gasteiger partial charge in [-0.15, -0.1) is 0 Å². The van der Waals surface area contributed by atoms with Crippen LogP contribution in [0.5, 0.6) is 0 Å². The van der Waals surface area contributed by atoms with Gasteiger partial charge in [-0.05, 0) is 35.9 Å². The van der Waals surface area contributed by atoms with Crippen LogP contribution < -0.4 is 0 Å². The number of non-ortho nitro benzene ring substituents is 2. The van der Waals surface area contributed by atoms with E-state index in [-0.39, 0.29) is 11.4 Å². The van der Waals surface area contributed by atoms with Crippen molar-refractivity contribution in [3.63, 3.8) is 0 Å². The molecule has 8 heteroatoms. The van der Waals surface area contributed by atoms with Gasteiger partial charge in [0.25, 0.3) is 11.4 Å². The van der Waals surface area contributed by atoms with Gasteiger partial charge in [0.15, 0.2) is 0 Å². The number of aliphatic imine (C=N–C) groups is 1. The predicted octanol–water partition coefficient (Wildman–Crippen LogP) is 7.00. The van der Waals surface area contributed by atoms with Crippen molar-refractivity contribution in [3.8, 4) is 11.3 Å². The molecule has 2 heterocycles. The van der Waals surface area contributed by atoms with Gasteiger partial charge in [0, 0.05) is 57.4 Å². The first kappa shape index (κ1) is 22.1. The maximum atomic E-state index is 11.1. The van der Waals surface area contributed by atoms with Crippen LogP contribution in [0, 0.1) is 20.2 Å². The molecule has 0 atom stereocenters. The zero-order valence-corrected chi connectivity index (χ0v) is 19.3. The molecule has 0 unspecified atom stereocenters. The number of aromatic nitrogens is 1. The minimum atomic E-state index is -0.418. The van der Waals surface area contributed by atoms with Crippen LogP contribution >= 0.6 is 0 Å². The largest absolute Gasteiger partial charge is 0.354 e. The fourth-order valence-electron chi connectivity index (χ4n) is 4.66. The van der Waals surface area contributed by atoms with E-state index in [2.05, 4.69) is 4.98 Å². The molecular formula is C29H18N4O4. The highest BCUT2D eigenvalue weighted by Gasteiger charge is 2.22. The van der Waals surface area contributed by atoms with Crippen LogP contribution in [0.25, 0.3) is 33.8 Å². The molecule has 0 saturated heterocycles. The highest BCUT2D eigenvalue weighted by Crippen LogP contribution is 2.37. The Bertz CT molecular complexity index is 1760. The maximum Gasteiger partial charge on any atom is 0.269 e. The molecule has 1 N–H and O–H groups in total. The van der Waals surface area contributed by atoms with Gasteiger partial charge in [-0.3, -0.25) is 20.2 Å². The molecule has 1 aliphatic heterocycles. The van der Waals surface area contributed by atoms with Crippen LogP contribution in [0.4, 0.5) is 11.4 Å². The number of nitro groups is 2. The van der Waals surface area contributed by atoms with Crippen LogP contribution in [-0.4, -0.2) is 20.5 Å². The molecule has 4 aromatic carbocycles. The van der Waals surface area contributed by atoms with Crippen LogP contribution in [0.2, 0.25) is 0 Å². The Morgan fingerprint density at radius 3 is 1.81 bits per heavy atom. The van der Waals surface area contributed by atoms with Crippen LogP contribution in [0.15, 0.2) is 102 Å². The Labute approximate surface area is 210 Å². The van der Waals surface area contributed by atoms with Crippen molar-refractivity contribution in [1.29, 1.82) is 0 Å². The highest BCUT2D eigenvalue weighted by molar-refractivity contribution is 6.22. The van der Waals surface area contributed by atoms with E-state index in [9.17, 15) is 20.2 Å². The van der Waals surface area contributed by atoms with Crippen LogP contribution in [0.1, 0.15) is 22.4 Å². The van der Waals surface area contributed by atoms with E-state index >= 15 is 0 Å². The first-order chi connectivity index (χ1) is 18.0. The van der Waals surface area contributed by atoms with Crippen molar-refractivity contribution < 1.29 is 9.85 Å². The lowest BCUT2D eigenvalue weighted by molar-refractivity contribution is -0.385. The number of hydrogen-bond acceptors (Lipinski definition) is 5. The lowest BCUT2D eigenvalue weighted by Crippen LogP contribution is -2.00. The summed E-state index contributed by atoms with van der Waals surface area (Å²) in [5.41, 5.74) is 6.87. The zero-order chi connectivity index (χ0) is 25.5. The fourth-order valence-corrected chi connectivity index (χ4v) is 4.66. The summed E-state index contributed by atoms with van der Waals surface area (Å²) in [6.45, 7) is 0. The van der Waals surface area contributed by atoms with Crippen molar-refractivity contribution in [2.24, 2.45) is 4.99 Å². The maximum absolute atomic E-state index is 11.1. The third kappa shape index (κ3) is 3.86. The molecule has 37 heavy (non-hydrogen) atoms. The Kier molecular flexibility index (Phi) is 5.19. The molecule has 0 aliphatic carbocycles. The number of benzene rings is 4. The lowest BCUT2D eigenvalue weighted by Gasteiger charge is -2.03. The summed E-state index contributed by atoms with van der Waals surface area (Å²) in [4.78, 5) is 29.8. The van der Waals surface area contributed by atoms with Crippen molar-refractivity contribution in [2.75, 3.05) is 0 Å². The topological polar surface area (TPSA) is 114 Å². The van der Waals surface area contributed by atoms with E-state index in [0.29, 0.717) is 0 Å². The number of H-pyrrole nitrogens is 1. The van der Waals surface area contributed by atoms with E-state index in [1.54, 1.807) is 24.3 Å². The van der Waals surface area contributed by atoms with Crippen molar-refractivity contribution in [2.45, 2.75) is 0 Å². The van der Waals surface area contributed by atoms with Crippen molar-refractivity contribution >= 4 is 39.6 Å². The summed E-state index contributed by atoms with van der Waals surface area (Å²) < 4.78 is 0. The number of rotatable bonds is 5. The first-order valence-electron chi connectivity index (χ1n) is 11.5. The quantitative estimate of drug-likeness (QED) is 0.213. The molecule has 8 nitrogen and oxygen atoms in total. The van der Waals surface area contributed by atoms with Gasteiger partial charge in [0.1, 0.15) is 0 Å². The zero-order valence-electron chi connectivity index (χ0n) is 19.3. The smallest absolute Gasteiger partial charge is 0.269 e. The molecule has 1 aromatic heterocycles. The molecular weight excluding hydrogens is 468 g/mol. The second-order valence-corrected chi connectivity index (χ2v) is 8.60. The summed E-state index contributed by atoms with van der Waals surface area (Å²) in [6, 6.07) is 28.7. The summed E-state index contributed by atoms with van der Waals surface area (Å²) in [6.07, 6.45) is 1.99. The number of nitrogens with one attached hydrogen (secondary N) is 1. The van der Waals surface area contributed by atoms with Crippen molar-refractivity contribution in [3.05, 3.63) is 140 Å². The molecule has 1 aliphatic rings. The summed E-state index contributed by atoms with van der Waals surface area (Å²) in [5, 5.41) is 24.2. The molecule has 0 radical (unpaired) electrons. The third-order valence-electron chi connectivity index (χ3n) is 6.44. The summed E-state index contributed by atoms with van der Waals surface area (Å²) in [5.74, 6) is 0. The second-order valence-electron chi connectivity index (χ2n) is 8.60. The Morgan fingerprint density at radius 2 is 1.19 bits per heavy atom. The number of aromatic amines is 1. The third-order valence-corrected chi connectivity index (χ3v) is 6.44. The number of fused-ring (bicyclic) bond motifs is 2. The van der Waals surface area contributed by atoms with Gasteiger partial charge in [0.05, 0.1) is 26.9 Å². The molecule has 6 rings (SSSR count). The average Bonchev–Trinajstić information content (AvgIpc) is 3.48. The van der Waals surface area contributed by atoms with Gasteiger partial charge in [0.2, 0.25) is 0 Å². The van der Waals surface area contributed by atoms with E-state index in [4.69, 9.17) is 4.99 Å². The Morgan fingerprint density at radius 1 is 0.649 bits per heavy atom. The molecule has 0 spiro atoms. The minimum Gasteiger partial charge on any atom is -0.354 e. The predicted molar refractivity (Wildman–Crippen MR) is 143 cm³/mol.